The maximum atomic E-state index is 12.6. The van der Waals surface area contributed by atoms with Crippen LogP contribution in [-0.2, 0) is 0 Å². The van der Waals surface area contributed by atoms with E-state index in [9.17, 15) is 20.4 Å². The van der Waals surface area contributed by atoms with Crippen LogP contribution in [0.2, 0.25) is 0 Å². The number of aromatic nitrogens is 4. The van der Waals surface area contributed by atoms with Crippen LogP contribution in [-0.4, -0.2) is 40.4 Å². The predicted octanol–water partition coefficient (Wildman–Crippen LogP) is 17.4. The minimum atomic E-state index is -0.506. The van der Waals surface area contributed by atoms with Crippen LogP contribution in [0.3, 0.4) is 0 Å². The van der Waals surface area contributed by atoms with Gasteiger partial charge in [0, 0.05) is 92.4 Å². The summed E-state index contributed by atoms with van der Waals surface area (Å²) in [7, 11) is 0. The van der Waals surface area contributed by atoms with Gasteiger partial charge in [-0.2, -0.15) is 0 Å². The van der Waals surface area contributed by atoms with E-state index >= 15 is 0 Å². The van der Waals surface area contributed by atoms with Crippen molar-refractivity contribution in [1.29, 1.82) is 0 Å². The lowest BCUT2D eigenvalue weighted by molar-refractivity contribution is 0.383. The van der Waals surface area contributed by atoms with Gasteiger partial charge >= 0.3 is 0 Å². The third-order valence-corrected chi connectivity index (χ3v) is 15.9. The molecule has 0 amide bonds. The smallest absolute Gasteiger partial charge is 0.284 e. The van der Waals surface area contributed by atoms with Crippen LogP contribution in [0.1, 0.15) is 199 Å². The molecule has 4 unspecified atom stereocenters. The van der Waals surface area contributed by atoms with Crippen LogP contribution in [0.4, 0.5) is 0 Å². The zero-order chi connectivity index (χ0) is 52.5. The maximum Gasteiger partial charge on any atom is 0.284 e. The Balaban J connectivity index is 1.29. The first kappa shape index (κ1) is 50.6. The molecule has 0 saturated carbocycles. The molecule has 2 aromatic heterocycles. The molecule has 8 aromatic rings. The zero-order valence-corrected chi connectivity index (χ0v) is 44.1. The first-order chi connectivity index (χ1) is 37.1. The molecule has 4 heterocycles. The summed E-state index contributed by atoms with van der Waals surface area (Å²) in [4.78, 5) is 20.2. The molecule has 6 aromatic carbocycles. The normalized spacial score (nSPS) is 17.1. The van der Waals surface area contributed by atoms with E-state index in [0.717, 1.165) is 99.3 Å². The number of ether oxygens (including phenoxy) is 4. The molecule has 76 heavy (non-hydrogen) atoms. The van der Waals surface area contributed by atoms with E-state index in [1.54, 1.807) is 12.1 Å². The quantitative estimate of drug-likeness (QED) is 0.0677. The SMILES string of the molecule is CCCCCC1c2cc(c(O)cc2O)C(CCCCC)c2cc3c(cc2O)Oc2nc4ccccc4nc2Oc2cc4c(cc2C3CCCCC)C(CCCCC)c2cc1c(O)cc2Oc1nc2ccccc2nc1O4. The Morgan fingerprint density at radius 1 is 0.316 bits per heavy atom. The molecule has 12 nitrogen and oxygen atoms in total. The summed E-state index contributed by atoms with van der Waals surface area (Å²) in [6.07, 6.45) is 13.7. The fraction of sp³-hybridized carbons (Fsp3) is 0.375. The summed E-state index contributed by atoms with van der Waals surface area (Å²) in [6, 6.07) is 30.3. The number of benzene rings is 6. The topological polar surface area (TPSA) is 169 Å². The van der Waals surface area contributed by atoms with Gasteiger partial charge in [-0.1, -0.05) is 129 Å². The number of aromatic hydroxyl groups is 4. The summed E-state index contributed by atoms with van der Waals surface area (Å²) >= 11 is 0. The number of hydrogen-bond acceptors (Lipinski definition) is 12. The molecule has 0 fully saturated rings. The highest BCUT2D eigenvalue weighted by atomic mass is 16.5. The molecule has 4 N–H and O–H groups in total. The van der Waals surface area contributed by atoms with Crippen molar-refractivity contribution in [2.75, 3.05) is 0 Å². The Kier molecular flexibility index (Phi) is 14.6. The third-order valence-electron chi connectivity index (χ3n) is 15.9. The number of hydrogen-bond donors (Lipinski definition) is 4. The number of rotatable bonds is 16. The van der Waals surface area contributed by atoms with E-state index in [-0.39, 0.29) is 58.4 Å². The maximum absolute atomic E-state index is 12.6. The highest BCUT2D eigenvalue weighted by Crippen LogP contribution is 2.56. The second kappa shape index (κ2) is 21.9. The van der Waals surface area contributed by atoms with Crippen LogP contribution in [0, 0.1) is 0 Å². The second-order valence-corrected chi connectivity index (χ2v) is 21.0. The van der Waals surface area contributed by atoms with Crippen molar-refractivity contribution in [2.24, 2.45) is 0 Å². The monoisotopic (exact) mass is 1020 g/mol. The van der Waals surface area contributed by atoms with Crippen LogP contribution < -0.4 is 18.9 Å². The number of para-hydroxylation sites is 4. The lowest BCUT2D eigenvalue weighted by Gasteiger charge is -2.30. The fourth-order valence-corrected chi connectivity index (χ4v) is 11.9. The van der Waals surface area contributed by atoms with E-state index in [1.165, 1.54) is 6.07 Å². The van der Waals surface area contributed by atoms with Crippen molar-refractivity contribution >= 4 is 22.1 Å². The molecule has 12 heteroatoms. The van der Waals surface area contributed by atoms with Gasteiger partial charge in [0.1, 0.15) is 46.0 Å². The average molecular weight is 1020 g/mol. The molecule has 0 spiro atoms. The first-order valence-electron chi connectivity index (χ1n) is 27.9. The largest absolute Gasteiger partial charge is 0.508 e. The minimum Gasteiger partial charge on any atom is -0.508 e. The van der Waals surface area contributed by atoms with E-state index in [4.69, 9.17) is 38.9 Å². The molecular formula is C64H68N4O8. The molecular weight excluding hydrogens is 953 g/mol. The summed E-state index contributed by atoms with van der Waals surface area (Å²) in [6.45, 7) is 8.72. The molecule has 0 radical (unpaired) electrons. The van der Waals surface area contributed by atoms with Crippen molar-refractivity contribution in [1.82, 2.24) is 19.9 Å². The Hall–Kier alpha value is -7.60. The Morgan fingerprint density at radius 2 is 0.566 bits per heavy atom. The summed E-state index contributed by atoms with van der Waals surface area (Å²) in [5.74, 6) is 0.472. The van der Waals surface area contributed by atoms with Crippen molar-refractivity contribution in [3.8, 4) is 69.5 Å². The van der Waals surface area contributed by atoms with Gasteiger partial charge < -0.3 is 39.4 Å². The van der Waals surface area contributed by atoms with E-state index in [0.29, 0.717) is 93.0 Å². The molecule has 392 valence electrons. The number of phenolic OH excluding ortho intramolecular Hbond substituents is 4. The Morgan fingerprint density at radius 3 is 0.868 bits per heavy atom. The van der Waals surface area contributed by atoms with Gasteiger partial charge in [-0.15, -0.1) is 0 Å². The lowest BCUT2D eigenvalue weighted by Crippen LogP contribution is -2.12. The second-order valence-electron chi connectivity index (χ2n) is 21.0. The number of phenols is 4. The van der Waals surface area contributed by atoms with Crippen LogP contribution in [0.15, 0.2) is 97.1 Å². The summed E-state index contributed by atoms with van der Waals surface area (Å²) < 4.78 is 28.2. The highest BCUT2D eigenvalue weighted by molar-refractivity contribution is 5.77. The van der Waals surface area contributed by atoms with Gasteiger partial charge in [-0.3, -0.25) is 0 Å². The Bertz CT molecular complexity index is 3230. The van der Waals surface area contributed by atoms with Gasteiger partial charge in [0.25, 0.3) is 23.5 Å². The number of unbranched alkanes of at least 4 members (excludes halogenated alkanes) is 8. The summed E-state index contributed by atoms with van der Waals surface area (Å²) in [5.41, 5.74) is 8.26. The van der Waals surface area contributed by atoms with E-state index < -0.39 is 11.8 Å². The van der Waals surface area contributed by atoms with Crippen molar-refractivity contribution < 1.29 is 39.4 Å². The number of fused-ring (bicyclic) bond motifs is 8. The molecule has 1 aliphatic carbocycles. The molecule has 0 saturated heterocycles. The lowest BCUT2D eigenvalue weighted by atomic mass is 9.76. The first-order valence-corrected chi connectivity index (χ1v) is 27.9. The van der Waals surface area contributed by atoms with Crippen LogP contribution >= 0.6 is 0 Å². The molecule has 11 rings (SSSR count). The average Bonchev–Trinajstić information content (AvgIpc) is 3.58. The zero-order valence-electron chi connectivity index (χ0n) is 44.1. The van der Waals surface area contributed by atoms with Gasteiger partial charge in [-0.25, -0.2) is 19.9 Å². The molecule has 2 aliphatic heterocycles. The summed E-state index contributed by atoms with van der Waals surface area (Å²) in [5, 5.41) is 49.5. The van der Waals surface area contributed by atoms with E-state index in [1.807, 2.05) is 60.7 Å². The van der Waals surface area contributed by atoms with Gasteiger partial charge in [0.15, 0.2) is 0 Å². The standard InChI is InChI=1S/C64H68N4O8/c1-5-9-13-21-37-41-29-42(54(70)33-53(41)69)38(22-14-10-6-2)44-31-46-40(24-16-12-8-4)48-32-47-39(23-15-11-7-3)45-30-43(37)55(71)34-57(45)73-61-63(67-51-27-19-17-25-49(51)65-61)75-59(47)36-60(48)76-64-62(74-58(46)35-56(44)72)66-50-26-18-20-28-52(50)68-64/h17-20,25-40,69-72H,5-16,21-24H2,1-4H3. The predicted molar refractivity (Wildman–Crippen MR) is 296 cm³/mol. The van der Waals surface area contributed by atoms with Crippen molar-refractivity contribution in [3.63, 3.8) is 0 Å². The van der Waals surface area contributed by atoms with Gasteiger partial charge in [-0.05, 0) is 74.2 Å². The van der Waals surface area contributed by atoms with E-state index in [2.05, 4.69) is 45.9 Å². The van der Waals surface area contributed by atoms with Crippen LogP contribution in [0.5, 0.6) is 69.5 Å². The third kappa shape index (κ3) is 9.78. The molecule has 3 aliphatic rings. The van der Waals surface area contributed by atoms with Crippen molar-refractivity contribution in [3.05, 3.63) is 142 Å². The van der Waals surface area contributed by atoms with Crippen molar-refractivity contribution in [2.45, 2.75) is 154 Å². The minimum absolute atomic E-state index is 0.00173. The molecule has 4 atom stereocenters. The van der Waals surface area contributed by atoms with Gasteiger partial charge in [0.2, 0.25) is 0 Å². The molecule has 8 bridgehead atoms. The highest BCUT2D eigenvalue weighted by Gasteiger charge is 2.37. The fourth-order valence-electron chi connectivity index (χ4n) is 11.9. The van der Waals surface area contributed by atoms with Gasteiger partial charge in [0.05, 0.1) is 22.1 Å². The number of nitrogens with zero attached hydrogens (tertiary/aromatic N) is 4. The van der Waals surface area contributed by atoms with Crippen LogP contribution in [0.25, 0.3) is 22.1 Å². The Labute approximate surface area is 444 Å².